The summed E-state index contributed by atoms with van der Waals surface area (Å²) in [4.78, 5) is 15.6. The summed E-state index contributed by atoms with van der Waals surface area (Å²) in [6, 6.07) is 10.8. The average molecular weight is 274 g/mol. The number of carbonyl (C=O) groups is 1. The van der Waals surface area contributed by atoms with Crippen molar-refractivity contribution in [2.75, 3.05) is 0 Å². The predicted molar refractivity (Wildman–Crippen MR) is 75.1 cm³/mol. The lowest BCUT2D eigenvalue weighted by Gasteiger charge is -2.00. The van der Waals surface area contributed by atoms with Crippen LogP contribution in [0.15, 0.2) is 53.9 Å². The van der Waals surface area contributed by atoms with Crippen LogP contribution in [0.2, 0.25) is 5.02 Å². The minimum Gasteiger partial charge on any atom is -0.273 e. The van der Waals surface area contributed by atoms with Crippen molar-refractivity contribution >= 4 is 23.7 Å². The Morgan fingerprint density at radius 2 is 2.11 bits per heavy atom. The highest BCUT2D eigenvalue weighted by atomic mass is 35.5. The Balaban J connectivity index is 1.85. The van der Waals surface area contributed by atoms with Gasteiger partial charge >= 0.3 is 0 Å². The van der Waals surface area contributed by atoms with Crippen LogP contribution in [0, 0.1) is 0 Å². The smallest absolute Gasteiger partial charge is 0.244 e. The predicted octanol–water partition coefficient (Wildman–Crippen LogP) is 2.43. The summed E-state index contributed by atoms with van der Waals surface area (Å²) in [7, 11) is 0. The number of hydrogen-bond acceptors (Lipinski definition) is 3. The highest BCUT2D eigenvalue weighted by Gasteiger charge is 2.01. The fraction of sp³-hybridized carbons (Fsp3) is 0.0714. The van der Waals surface area contributed by atoms with Crippen LogP contribution in [0.5, 0.6) is 0 Å². The second kappa shape index (κ2) is 6.66. The molecule has 1 aromatic heterocycles. The number of halogens is 1. The SMILES string of the molecule is O=C(Cc1ccc(Cl)cc1)NN=Cc1cccnc1. The first-order chi connectivity index (χ1) is 9.24. The molecule has 0 unspecified atom stereocenters. The maximum absolute atomic E-state index is 11.6. The van der Waals surface area contributed by atoms with E-state index in [2.05, 4.69) is 15.5 Å². The van der Waals surface area contributed by atoms with Gasteiger partial charge in [-0.05, 0) is 23.8 Å². The first kappa shape index (κ1) is 13.2. The lowest BCUT2D eigenvalue weighted by molar-refractivity contribution is -0.120. The number of benzene rings is 1. The van der Waals surface area contributed by atoms with Crippen LogP contribution < -0.4 is 5.43 Å². The molecule has 96 valence electrons. The second-order valence-corrected chi connectivity index (χ2v) is 4.32. The van der Waals surface area contributed by atoms with Gasteiger partial charge in [-0.1, -0.05) is 29.8 Å². The standard InChI is InChI=1S/C14H12ClN3O/c15-13-5-3-11(4-6-13)8-14(19)18-17-10-12-2-1-7-16-9-12/h1-7,9-10H,8H2,(H,18,19). The van der Waals surface area contributed by atoms with Gasteiger partial charge in [0.2, 0.25) is 5.91 Å². The van der Waals surface area contributed by atoms with Gasteiger partial charge in [0, 0.05) is 23.0 Å². The van der Waals surface area contributed by atoms with Crippen molar-refractivity contribution in [3.05, 3.63) is 64.9 Å². The molecule has 2 aromatic rings. The molecule has 0 fully saturated rings. The Morgan fingerprint density at radius 3 is 2.79 bits per heavy atom. The molecule has 1 amide bonds. The zero-order chi connectivity index (χ0) is 13.5. The minimum absolute atomic E-state index is 0.178. The second-order valence-electron chi connectivity index (χ2n) is 3.88. The molecule has 1 heterocycles. The lowest BCUT2D eigenvalue weighted by Crippen LogP contribution is -2.19. The number of aromatic nitrogens is 1. The number of hydrogen-bond donors (Lipinski definition) is 1. The molecule has 1 aromatic carbocycles. The zero-order valence-electron chi connectivity index (χ0n) is 10.1. The summed E-state index contributed by atoms with van der Waals surface area (Å²) in [5, 5.41) is 4.52. The van der Waals surface area contributed by atoms with Crippen molar-refractivity contribution in [2.45, 2.75) is 6.42 Å². The zero-order valence-corrected chi connectivity index (χ0v) is 10.8. The van der Waals surface area contributed by atoms with Gasteiger partial charge in [0.25, 0.3) is 0 Å². The molecule has 4 nitrogen and oxygen atoms in total. The summed E-state index contributed by atoms with van der Waals surface area (Å²) in [6.07, 6.45) is 5.15. The van der Waals surface area contributed by atoms with E-state index in [1.807, 2.05) is 18.2 Å². The van der Waals surface area contributed by atoms with E-state index >= 15 is 0 Å². The van der Waals surface area contributed by atoms with Crippen LogP contribution in [0.1, 0.15) is 11.1 Å². The van der Waals surface area contributed by atoms with Gasteiger partial charge in [-0.3, -0.25) is 9.78 Å². The monoisotopic (exact) mass is 273 g/mol. The number of rotatable bonds is 4. The normalized spacial score (nSPS) is 10.6. The molecule has 0 aliphatic rings. The van der Waals surface area contributed by atoms with E-state index < -0.39 is 0 Å². The van der Waals surface area contributed by atoms with Crippen LogP contribution in [-0.2, 0) is 11.2 Å². The maximum Gasteiger partial charge on any atom is 0.244 e. The van der Waals surface area contributed by atoms with Gasteiger partial charge in [-0.25, -0.2) is 5.43 Å². The summed E-state index contributed by atoms with van der Waals surface area (Å²) < 4.78 is 0. The molecule has 0 saturated carbocycles. The topological polar surface area (TPSA) is 54.4 Å². The molecule has 0 saturated heterocycles. The Hall–Kier alpha value is -2.20. The number of pyridine rings is 1. The Labute approximate surface area is 116 Å². The molecule has 0 atom stereocenters. The van der Waals surface area contributed by atoms with Crippen LogP contribution in [0.25, 0.3) is 0 Å². The van der Waals surface area contributed by atoms with Crippen LogP contribution in [0.3, 0.4) is 0 Å². The third kappa shape index (κ3) is 4.52. The molecular formula is C14H12ClN3O. The summed E-state index contributed by atoms with van der Waals surface area (Å²) in [5.74, 6) is -0.178. The van der Waals surface area contributed by atoms with Crippen LogP contribution >= 0.6 is 11.6 Å². The van der Waals surface area contributed by atoms with Crippen molar-refractivity contribution < 1.29 is 4.79 Å². The van der Waals surface area contributed by atoms with Crippen molar-refractivity contribution in [1.82, 2.24) is 10.4 Å². The molecular weight excluding hydrogens is 262 g/mol. The highest BCUT2D eigenvalue weighted by Crippen LogP contribution is 2.09. The van der Waals surface area contributed by atoms with E-state index in [-0.39, 0.29) is 12.3 Å². The quantitative estimate of drug-likeness (QED) is 0.687. The van der Waals surface area contributed by atoms with Gasteiger partial charge in [0.15, 0.2) is 0 Å². The average Bonchev–Trinajstić information content (AvgIpc) is 2.43. The Kier molecular flexibility index (Phi) is 4.64. The van der Waals surface area contributed by atoms with Crippen molar-refractivity contribution in [2.24, 2.45) is 5.10 Å². The first-order valence-electron chi connectivity index (χ1n) is 5.70. The fourth-order valence-corrected chi connectivity index (χ4v) is 1.58. The highest BCUT2D eigenvalue weighted by molar-refractivity contribution is 6.30. The fourth-order valence-electron chi connectivity index (χ4n) is 1.46. The summed E-state index contributed by atoms with van der Waals surface area (Å²) >= 11 is 5.77. The third-order valence-corrected chi connectivity index (χ3v) is 2.62. The Bertz CT molecular complexity index is 567. The molecule has 0 aliphatic carbocycles. The van der Waals surface area contributed by atoms with E-state index in [0.29, 0.717) is 5.02 Å². The summed E-state index contributed by atoms with van der Waals surface area (Å²) in [5.41, 5.74) is 4.18. The number of nitrogens with zero attached hydrogens (tertiary/aromatic N) is 2. The van der Waals surface area contributed by atoms with Crippen molar-refractivity contribution in [3.8, 4) is 0 Å². The molecule has 0 aliphatic heterocycles. The lowest BCUT2D eigenvalue weighted by atomic mass is 10.1. The molecule has 0 bridgehead atoms. The van der Waals surface area contributed by atoms with E-state index in [1.165, 1.54) is 0 Å². The number of nitrogens with one attached hydrogen (secondary N) is 1. The van der Waals surface area contributed by atoms with Gasteiger partial charge in [0.05, 0.1) is 12.6 Å². The minimum atomic E-state index is -0.178. The van der Waals surface area contributed by atoms with E-state index in [1.54, 1.807) is 36.8 Å². The van der Waals surface area contributed by atoms with E-state index in [9.17, 15) is 4.79 Å². The number of amides is 1. The van der Waals surface area contributed by atoms with Crippen molar-refractivity contribution in [3.63, 3.8) is 0 Å². The third-order valence-electron chi connectivity index (χ3n) is 2.37. The van der Waals surface area contributed by atoms with E-state index in [0.717, 1.165) is 11.1 Å². The maximum atomic E-state index is 11.6. The Morgan fingerprint density at radius 1 is 1.32 bits per heavy atom. The van der Waals surface area contributed by atoms with Gasteiger partial charge < -0.3 is 0 Å². The molecule has 1 N–H and O–H groups in total. The van der Waals surface area contributed by atoms with Crippen LogP contribution in [-0.4, -0.2) is 17.1 Å². The molecule has 2 rings (SSSR count). The van der Waals surface area contributed by atoms with Gasteiger partial charge in [0.1, 0.15) is 0 Å². The number of carbonyl (C=O) groups excluding carboxylic acids is 1. The molecule has 0 spiro atoms. The molecule has 19 heavy (non-hydrogen) atoms. The summed E-state index contributed by atoms with van der Waals surface area (Å²) in [6.45, 7) is 0. The number of hydrazone groups is 1. The van der Waals surface area contributed by atoms with Gasteiger partial charge in [-0.2, -0.15) is 5.10 Å². The van der Waals surface area contributed by atoms with Crippen molar-refractivity contribution in [1.29, 1.82) is 0 Å². The largest absolute Gasteiger partial charge is 0.273 e. The first-order valence-corrected chi connectivity index (χ1v) is 6.08. The molecule has 0 radical (unpaired) electrons. The van der Waals surface area contributed by atoms with E-state index in [4.69, 9.17) is 11.6 Å². The van der Waals surface area contributed by atoms with Crippen LogP contribution in [0.4, 0.5) is 0 Å². The molecule has 5 heteroatoms. The van der Waals surface area contributed by atoms with Gasteiger partial charge in [-0.15, -0.1) is 0 Å².